The SMILES string of the molecule is COCC[C@@]1(C(=O)C(C)C)CNC[C@H](C(=O)C(C)C)C1c1cccc(F)c1C. The number of ketones is 2. The highest BCUT2D eigenvalue weighted by molar-refractivity contribution is 5.91. The van der Waals surface area contributed by atoms with Crippen molar-refractivity contribution in [1.29, 1.82) is 0 Å². The lowest BCUT2D eigenvalue weighted by Gasteiger charge is -2.49. The molecule has 1 unspecified atom stereocenters. The average molecular weight is 392 g/mol. The third-order valence-electron chi connectivity index (χ3n) is 6.15. The number of benzene rings is 1. The number of ether oxygens (including phenoxy) is 1. The van der Waals surface area contributed by atoms with E-state index in [9.17, 15) is 14.0 Å². The zero-order valence-corrected chi connectivity index (χ0v) is 18.0. The number of carbonyl (C=O) groups is 2. The first-order valence-electron chi connectivity index (χ1n) is 10.2. The van der Waals surface area contributed by atoms with Gasteiger partial charge in [-0.3, -0.25) is 9.59 Å². The van der Waals surface area contributed by atoms with Crippen LogP contribution in [0, 0.1) is 35.9 Å². The Morgan fingerprint density at radius 1 is 1.25 bits per heavy atom. The van der Waals surface area contributed by atoms with Crippen molar-refractivity contribution in [2.24, 2.45) is 23.2 Å². The summed E-state index contributed by atoms with van der Waals surface area (Å²) in [7, 11) is 1.61. The molecule has 0 aromatic heterocycles. The number of rotatable bonds is 8. The van der Waals surface area contributed by atoms with Gasteiger partial charge in [0.15, 0.2) is 0 Å². The van der Waals surface area contributed by atoms with E-state index in [2.05, 4.69) is 5.32 Å². The third-order valence-corrected chi connectivity index (χ3v) is 6.15. The summed E-state index contributed by atoms with van der Waals surface area (Å²) in [5, 5.41) is 3.35. The number of Topliss-reactive ketones (excluding diaryl/α,β-unsaturated/α-hetero) is 2. The number of hydrogen-bond acceptors (Lipinski definition) is 4. The normalized spacial score (nSPS) is 25.3. The molecule has 28 heavy (non-hydrogen) atoms. The standard InChI is InChI=1S/C23H34FNO3/c1-14(2)21(26)18-12-25-13-23(10-11-28-6,22(27)15(3)4)20(18)17-8-7-9-19(24)16(17)5/h7-9,14-15,18,20,25H,10-13H2,1-6H3/t18-,20?,23+/m0/s1. The summed E-state index contributed by atoms with van der Waals surface area (Å²) in [5.41, 5.74) is 0.482. The highest BCUT2D eigenvalue weighted by Crippen LogP contribution is 2.49. The molecule has 1 N–H and O–H groups in total. The van der Waals surface area contributed by atoms with E-state index in [0.717, 1.165) is 5.56 Å². The molecule has 1 aliphatic heterocycles. The second-order valence-corrected chi connectivity index (χ2v) is 8.64. The predicted molar refractivity (Wildman–Crippen MR) is 109 cm³/mol. The quantitative estimate of drug-likeness (QED) is 0.730. The van der Waals surface area contributed by atoms with Crippen LogP contribution in [-0.2, 0) is 14.3 Å². The average Bonchev–Trinajstić information content (AvgIpc) is 2.67. The lowest BCUT2D eigenvalue weighted by molar-refractivity contribution is -0.140. The number of nitrogens with one attached hydrogen (secondary N) is 1. The van der Waals surface area contributed by atoms with Crippen LogP contribution in [0.15, 0.2) is 18.2 Å². The Morgan fingerprint density at radius 2 is 1.93 bits per heavy atom. The molecule has 3 atom stereocenters. The maximum absolute atomic E-state index is 14.5. The van der Waals surface area contributed by atoms with Crippen molar-refractivity contribution in [3.63, 3.8) is 0 Å². The molecule has 1 aromatic carbocycles. The van der Waals surface area contributed by atoms with Crippen molar-refractivity contribution in [3.8, 4) is 0 Å². The minimum Gasteiger partial charge on any atom is -0.385 e. The Labute approximate surface area is 168 Å². The fourth-order valence-corrected chi connectivity index (χ4v) is 4.70. The molecule has 1 heterocycles. The molecule has 1 saturated heterocycles. The second kappa shape index (κ2) is 9.27. The Kier molecular flexibility index (Phi) is 7.52. The van der Waals surface area contributed by atoms with Gasteiger partial charge in [0.2, 0.25) is 0 Å². The van der Waals surface area contributed by atoms with Gasteiger partial charge in [0.1, 0.15) is 17.4 Å². The number of carbonyl (C=O) groups excluding carboxylic acids is 2. The van der Waals surface area contributed by atoms with E-state index in [0.29, 0.717) is 31.7 Å². The zero-order chi connectivity index (χ0) is 21.1. The van der Waals surface area contributed by atoms with Crippen LogP contribution in [0.5, 0.6) is 0 Å². The van der Waals surface area contributed by atoms with E-state index in [1.807, 2.05) is 33.8 Å². The number of methoxy groups -OCH3 is 1. The molecule has 0 amide bonds. The van der Waals surface area contributed by atoms with Crippen molar-refractivity contribution >= 4 is 11.6 Å². The Hall–Kier alpha value is -1.59. The molecular weight excluding hydrogens is 357 g/mol. The first kappa shape index (κ1) is 22.7. The maximum atomic E-state index is 14.5. The molecule has 1 aliphatic rings. The van der Waals surface area contributed by atoms with Crippen LogP contribution in [0.1, 0.15) is 51.2 Å². The molecule has 0 radical (unpaired) electrons. The molecule has 0 saturated carbocycles. The van der Waals surface area contributed by atoms with Crippen molar-refractivity contribution in [2.45, 2.75) is 47.0 Å². The van der Waals surface area contributed by atoms with E-state index < -0.39 is 5.41 Å². The van der Waals surface area contributed by atoms with E-state index in [-0.39, 0.29) is 41.1 Å². The van der Waals surface area contributed by atoms with Crippen LogP contribution in [0.25, 0.3) is 0 Å². The summed E-state index contributed by atoms with van der Waals surface area (Å²) in [6.07, 6.45) is 0.496. The summed E-state index contributed by atoms with van der Waals surface area (Å²) in [6, 6.07) is 4.99. The second-order valence-electron chi connectivity index (χ2n) is 8.64. The van der Waals surface area contributed by atoms with Crippen LogP contribution < -0.4 is 5.32 Å². The largest absolute Gasteiger partial charge is 0.385 e. The highest BCUT2D eigenvalue weighted by Gasteiger charge is 2.53. The van der Waals surface area contributed by atoms with Crippen LogP contribution in [0.4, 0.5) is 4.39 Å². The van der Waals surface area contributed by atoms with Gasteiger partial charge in [-0.2, -0.15) is 0 Å². The van der Waals surface area contributed by atoms with Gasteiger partial charge >= 0.3 is 0 Å². The summed E-state index contributed by atoms with van der Waals surface area (Å²) < 4.78 is 19.8. The smallest absolute Gasteiger partial charge is 0.143 e. The van der Waals surface area contributed by atoms with Gasteiger partial charge in [-0.25, -0.2) is 4.39 Å². The van der Waals surface area contributed by atoms with E-state index in [4.69, 9.17) is 4.74 Å². The number of piperidine rings is 1. The highest BCUT2D eigenvalue weighted by atomic mass is 19.1. The first-order chi connectivity index (χ1) is 13.2. The van der Waals surface area contributed by atoms with Gasteiger partial charge < -0.3 is 10.1 Å². The fourth-order valence-electron chi connectivity index (χ4n) is 4.70. The maximum Gasteiger partial charge on any atom is 0.143 e. The monoisotopic (exact) mass is 391 g/mol. The van der Waals surface area contributed by atoms with Gasteiger partial charge in [0.05, 0.1) is 5.41 Å². The molecular formula is C23H34FNO3. The molecule has 0 aliphatic carbocycles. The van der Waals surface area contributed by atoms with Crippen LogP contribution in [-0.4, -0.2) is 38.4 Å². The van der Waals surface area contributed by atoms with Crippen LogP contribution in [0.3, 0.4) is 0 Å². The number of hydrogen-bond donors (Lipinski definition) is 1. The lowest BCUT2D eigenvalue weighted by atomic mass is 9.57. The molecule has 1 fully saturated rings. The molecule has 4 nitrogen and oxygen atoms in total. The molecule has 2 rings (SSSR count). The van der Waals surface area contributed by atoms with Gasteiger partial charge in [0, 0.05) is 50.5 Å². The van der Waals surface area contributed by atoms with Crippen molar-refractivity contribution < 1.29 is 18.7 Å². The summed E-state index contributed by atoms with van der Waals surface area (Å²) in [4.78, 5) is 26.7. The zero-order valence-electron chi connectivity index (χ0n) is 18.0. The third kappa shape index (κ3) is 4.20. The van der Waals surface area contributed by atoms with Gasteiger partial charge in [-0.15, -0.1) is 0 Å². The van der Waals surface area contributed by atoms with Gasteiger partial charge in [-0.1, -0.05) is 39.8 Å². The first-order valence-corrected chi connectivity index (χ1v) is 10.2. The van der Waals surface area contributed by atoms with Gasteiger partial charge in [-0.05, 0) is 30.5 Å². The van der Waals surface area contributed by atoms with Crippen molar-refractivity contribution in [2.75, 3.05) is 26.8 Å². The molecule has 156 valence electrons. The fraction of sp³-hybridized carbons (Fsp3) is 0.652. The molecule has 0 spiro atoms. The van der Waals surface area contributed by atoms with Crippen LogP contribution >= 0.6 is 0 Å². The van der Waals surface area contributed by atoms with E-state index in [1.165, 1.54) is 6.07 Å². The summed E-state index contributed by atoms with van der Waals surface area (Å²) in [5.74, 6) is -1.19. The lowest BCUT2D eigenvalue weighted by Crippen LogP contribution is -2.58. The Balaban J connectivity index is 2.73. The minimum absolute atomic E-state index is 0.104. The van der Waals surface area contributed by atoms with Crippen molar-refractivity contribution in [1.82, 2.24) is 5.32 Å². The Morgan fingerprint density at radius 3 is 2.50 bits per heavy atom. The molecule has 0 bridgehead atoms. The van der Waals surface area contributed by atoms with E-state index >= 15 is 0 Å². The topological polar surface area (TPSA) is 55.4 Å². The van der Waals surface area contributed by atoms with Gasteiger partial charge in [0.25, 0.3) is 0 Å². The van der Waals surface area contributed by atoms with Crippen molar-refractivity contribution in [3.05, 3.63) is 35.1 Å². The summed E-state index contributed by atoms with van der Waals surface area (Å²) in [6.45, 7) is 10.7. The van der Waals surface area contributed by atoms with Crippen LogP contribution in [0.2, 0.25) is 0 Å². The molecule has 1 aromatic rings. The van der Waals surface area contributed by atoms with E-state index in [1.54, 1.807) is 20.1 Å². The number of halogens is 1. The Bertz CT molecular complexity index is 716. The minimum atomic E-state index is -0.809. The predicted octanol–water partition coefficient (Wildman–Crippen LogP) is 3.91. The molecule has 5 heteroatoms. The summed E-state index contributed by atoms with van der Waals surface area (Å²) >= 11 is 0.